The van der Waals surface area contributed by atoms with Crippen molar-refractivity contribution >= 4 is 11.8 Å². The van der Waals surface area contributed by atoms with Gasteiger partial charge in [-0.3, -0.25) is 14.6 Å². The lowest BCUT2D eigenvalue weighted by molar-refractivity contribution is -0.135. The quantitative estimate of drug-likeness (QED) is 0.690. The summed E-state index contributed by atoms with van der Waals surface area (Å²) in [7, 11) is 1.60. The second-order valence-electron chi connectivity index (χ2n) is 5.57. The first kappa shape index (κ1) is 19.2. The molecule has 7 nitrogen and oxygen atoms in total. The Balaban J connectivity index is 1.72. The summed E-state index contributed by atoms with van der Waals surface area (Å²) in [6.45, 7) is 2.39. The lowest BCUT2D eigenvalue weighted by atomic mass is 10.3. The van der Waals surface area contributed by atoms with Gasteiger partial charge in [-0.15, -0.1) is 0 Å². The van der Waals surface area contributed by atoms with Crippen LogP contribution < -0.4 is 14.8 Å². The zero-order chi connectivity index (χ0) is 18.8. The van der Waals surface area contributed by atoms with Crippen LogP contribution in [0, 0.1) is 0 Å². The standard InChI is InChI=1S/C19H23N3O4/c1-15(23)22(13-16-5-3-4-10-20-16)14-19(24)21-11-12-26-18-8-6-17(25-2)7-9-18/h3-10H,11-14H2,1-2H3,(H,21,24). The topological polar surface area (TPSA) is 80.8 Å². The molecule has 1 aromatic heterocycles. The van der Waals surface area contributed by atoms with Crippen molar-refractivity contribution in [1.82, 2.24) is 15.2 Å². The number of hydrogen-bond donors (Lipinski definition) is 1. The highest BCUT2D eigenvalue weighted by Gasteiger charge is 2.14. The molecule has 0 aliphatic rings. The minimum absolute atomic E-state index is 0.0194. The lowest BCUT2D eigenvalue weighted by Crippen LogP contribution is -2.40. The van der Waals surface area contributed by atoms with Gasteiger partial charge in [-0.05, 0) is 36.4 Å². The van der Waals surface area contributed by atoms with Gasteiger partial charge < -0.3 is 19.7 Å². The van der Waals surface area contributed by atoms with Crippen LogP contribution in [0.3, 0.4) is 0 Å². The minimum atomic E-state index is -0.241. The fourth-order valence-electron chi connectivity index (χ4n) is 2.23. The van der Waals surface area contributed by atoms with Gasteiger partial charge in [-0.1, -0.05) is 6.07 Å². The summed E-state index contributed by atoms with van der Waals surface area (Å²) >= 11 is 0. The van der Waals surface area contributed by atoms with E-state index < -0.39 is 0 Å². The molecular weight excluding hydrogens is 334 g/mol. The number of benzene rings is 1. The number of aromatic nitrogens is 1. The average Bonchev–Trinajstić information content (AvgIpc) is 2.66. The van der Waals surface area contributed by atoms with Crippen LogP contribution in [0.2, 0.25) is 0 Å². The largest absolute Gasteiger partial charge is 0.497 e. The molecule has 2 aromatic rings. The Hall–Kier alpha value is -3.09. The normalized spacial score (nSPS) is 10.1. The molecule has 0 saturated carbocycles. The van der Waals surface area contributed by atoms with Gasteiger partial charge in [-0.2, -0.15) is 0 Å². The molecular formula is C19H23N3O4. The van der Waals surface area contributed by atoms with Crippen molar-refractivity contribution in [3.63, 3.8) is 0 Å². The summed E-state index contributed by atoms with van der Waals surface area (Å²) in [6.07, 6.45) is 1.66. The Labute approximate surface area is 152 Å². The summed E-state index contributed by atoms with van der Waals surface area (Å²) in [5.41, 5.74) is 0.735. The number of rotatable bonds is 9. The van der Waals surface area contributed by atoms with Crippen LogP contribution in [-0.4, -0.2) is 48.5 Å². The summed E-state index contributed by atoms with van der Waals surface area (Å²) in [6, 6.07) is 12.7. The van der Waals surface area contributed by atoms with E-state index in [4.69, 9.17) is 9.47 Å². The highest BCUT2D eigenvalue weighted by atomic mass is 16.5. The van der Waals surface area contributed by atoms with E-state index >= 15 is 0 Å². The molecule has 1 aromatic carbocycles. The number of carbonyl (C=O) groups excluding carboxylic acids is 2. The molecule has 26 heavy (non-hydrogen) atoms. The second kappa shape index (κ2) is 10.0. The van der Waals surface area contributed by atoms with E-state index in [1.807, 2.05) is 12.1 Å². The van der Waals surface area contributed by atoms with Crippen LogP contribution in [0.4, 0.5) is 0 Å². The Kier molecular flexibility index (Phi) is 7.42. The van der Waals surface area contributed by atoms with Gasteiger partial charge in [0.1, 0.15) is 18.1 Å². The molecule has 0 saturated heterocycles. The monoisotopic (exact) mass is 357 g/mol. The van der Waals surface area contributed by atoms with E-state index in [2.05, 4.69) is 10.3 Å². The molecule has 1 N–H and O–H groups in total. The highest BCUT2D eigenvalue weighted by molar-refractivity contribution is 5.83. The SMILES string of the molecule is COc1ccc(OCCNC(=O)CN(Cc2ccccn2)C(C)=O)cc1. The van der Waals surface area contributed by atoms with Crippen molar-refractivity contribution in [2.75, 3.05) is 26.8 Å². The van der Waals surface area contributed by atoms with E-state index in [0.29, 0.717) is 25.4 Å². The first-order valence-corrected chi connectivity index (χ1v) is 8.27. The zero-order valence-corrected chi connectivity index (χ0v) is 15.0. The molecule has 0 spiro atoms. The van der Waals surface area contributed by atoms with Crippen molar-refractivity contribution in [3.05, 3.63) is 54.4 Å². The highest BCUT2D eigenvalue weighted by Crippen LogP contribution is 2.16. The van der Waals surface area contributed by atoms with Crippen LogP contribution in [0.15, 0.2) is 48.7 Å². The predicted molar refractivity (Wildman–Crippen MR) is 96.8 cm³/mol. The van der Waals surface area contributed by atoms with Crippen molar-refractivity contribution in [3.8, 4) is 11.5 Å². The van der Waals surface area contributed by atoms with Gasteiger partial charge in [0.05, 0.1) is 32.4 Å². The van der Waals surface area contributed by atoms with Gasteiger partial charge in [0, 0.05) is 13.1 Å². The van der Waals surface area contributed by atoms with E-state index in [1.54, 1.807) is 43.6 Å². The maximum Gasteiger partial charge on any atom is 0.239 e. The number of methoxy groups -OCH3 is 1. The first-order chi connectivity index (χ1) is 12.6. The molecule has 0 bridgehead atoms. The fraction of sp³-hybridized carbons (Fsp3) is 0.316. The minimum Gasteiger partial charge on any atom is -0.497 e. The number of nitrogens with zero attached hydrogens (tertiary/aromatic N) is 2. The summed E-state index contributed by atoms with van der Waals surface area (Å²) < 4.78 is 10.6. The molecule has 0 unspecified atom stereocenters. The Bertz CT molecular complexity index is 704. The number of carbonyl (C=O) groups is 2. The molecule has 1 heterocycles. The van der Waals surface area contributed by atoms with Gasteiger partial charge in [0.15, 0.2) is 0 Å². The molecule has 0 aliphatic heterocycles. The molecule has 138 valence electrons. The van der Waals surface area contributed by atoms with Gasteiger partial charge in [-0.25, -0.2) is 0 Å². The van der Waals surface area contributed by atoms with E-state index in [1.165, 1.54) is 11.8 Å². The molecule has 2 rings (SSSR count). The molecule has 0 fully saturated rings. The Morgan fingerprint density at radius 3 is 2.46 bits per heavy atom. The predicted octanol–water partition coefficient (Wildman–Crippen LogP) is 1.63. The van der Waals surface area contributed by atoms with Crippen LogP contribution in [-0.2, 0) is 16.1 Å². The Morgan fingerprint density at radius 2 is 1.85 bits per heavy atom. The molecule has 0 aliphatic carbocycles. The van der Waals surface area contributed by atoms with Gasteiger partial charge in [0.2, 0.25) is 11.8 Å². The number of hydrogen-bond acceptors (Lipinski definition) is 5. The molecule has 0 atom stereocenters. The van der Waals surface area contributed by atoms with Crippen molar-refractivity contribution in [2.24, 2.45) is 0 Å². The summed E-state index contributed by atoms with van der Waals surface area (Å²) in [4.78, 5) is 29.4. The van der Waals surface area contributed by atoms with Crippen LogP contribution in [0.5, 0.6) is 11.5 Å². The fourth-order valence-corrected chi connectivity index (χ4v) is 2.23. The molecule has 2 amide bonds. The molecule has 0 radical (unpaired) electrons. The summed E-state index contributed by atoms with van der Waals surface area (Å²) in [5.74, 6) is 1.03. The average molecular weight is 357 g/mol. The second-order valence-corrected chi connectivity index (χ2v) is 5.57. The van der Waals surface area contributed by atoms with Crippen LogP contribution in [0.1, 0.15) is 12.6 Å². The first-order valence-electron chi connectivity index (χ1n) is 8.27. The van der Waals surface area contributed by atoms with Crippen LogP contribution in [0.25, 0.3) is 0 Å². The third kappa shape index (κ3) is 6.43. The van der Waals surface area contributed by atoms with Crippen LogP contribution >= 0.6 is 0 Å². The van der Waals surface area contributed by atoms with Crippen molar-refractivity contribution < 1.29 is 19.1 Å². The van der Waals surface area contributed by atoms with Crippen molar-refractivity contribution in [1.29, 1.82) is 0 Å². The van der Waals surface area contributed by atoms with Gasteiger partial charge in [0.25, 0.3) is 0 Å². The van der Waals surface area contributed by atoms with E-state index in [0.717, 1.165) is 11.4 Å². The third-order valence-electron chi connectivity index (χ3n) is 3.61. The van der Waals surface area contributed by atoms with E-state index in [-0.39, 0.29) is 18.4 Å². The smallest absolute Gasteiger partial charge is 0.239 e. The van der Waals surface area contributed by atoms with Gasteiger partial charge >= 0.3 is 0 Å². The summed E-state index contributed by atoms with van der Waals surface area (Å²) in [5, 5.41) is 2.74. The van der Waals surface area contributed by atoms with E-state index in [9.17, 15) is 9.59 Å². The molecule has 7 heteroatoms. The maximum atomic E-state index is 12.0. The number of nitrogens with one attached hydrogen (secondary N) is 1. The lowest BCUT2D eigenvalue weighted by Gasteiger charge is -2.20. The third-order valence-corrected chi connectivity index (χ3v) is 3.61. The number of amides is 2. The number of pyridine rings is 1. The zero-order valence-electron chi connectivity index (χ0n) is 15.0. The van der Waals surface area contributed by atoms with Crippen molar-refractivity contribution in [2.45, 2.75) is 13.5 Å². The Morgan fingerprint density at radius 1 is 1.12 bits per heavy atom. The number of ether oxygens (including phenoxy) is 2. The maximum absolute atomic E-state index is 12.0.